The number of nitrogens with zero attached hydrogens (tertiary/aromatic N) is 2. The molecule has 0 saturated carbocycles. The third-order valence-corrected chi connectivity index (χ3v) is 13.9. The maximum absolute atomic E-state index is 7.29. The van der Waals surface area contributed by atoms with Gasteiger partial charge in [-0.25, -0.2) is 0 Å². The first kappa shape index (κ1) is 34.0. The normalized spacial score (nSPS) is 17.0. The third-order valence-electron chi connectivity index (χ3n) is 13.9. The van der Waals surface area contributed by atoms with E-state index in [1.807, 2.05) is 6.07 Å². The van der Waals surface area contributed by atoms with Gasteiger partial charge in [0.1, 0.15) is 23.0 Å². The van der Waals surface area contributed by atoms with E-state index in [2.05, 4.69) is 199 Å². The first-order valence-electron chi connectivity index (χ1n) is 21.5. The van der Waals surface area contributed by atoms with Crippen LogP contribution in [0.15, 0.2) is 191 Å². The molecular formula is C57H38N2O3. The molecule has 4 heterocycles. The van der Waals surface area contributed by atoms with Gasteiger partial charge in [-0.05, 0) is 82.9 Å². The van der Waals surface area contributed by atoms with Gasteiger partial charge in [0.2, 0.25) is 0 Å². The lowest BCUT2D eigenvalue weighted by atomic mass is 9.82. The minimum absolute atomic E-state index is 0.0492. The molecule has 2 atom stereocenters. The predicted octanol–water partition coefficient (Wildman–Crippen LogP) is 15.3. The number of para-hydroxylation sites is 4. The van der Waals surface area contributed by atoms with E-state index in [9.17, 15) is 0 Å². The number of fused-ring (bicyclic) bond motifs is 15. The summed E-state index contributed by atoms with van der Waals surface area (Å²) in [5, 5.41) is 6.65. The van der Waals surface area contributed by atoms with Crippen LogP contribution in [0.4, 0.5) is 17.1 Å². The van der Waals surface area contributed by atoms with Crippen LogP contribution in [-0.2, 0) is 5.41 Å². The Hall–Kier alpha value is -7.76. The second-order valence-electron chi connectivity index (χ2n) is 17.5. The molecule has 2 aliphatic carbocycles. The van der Waals surface area contributed by atoms with Crippen molar-refractivity contribution in [2.24, 2.45) is 0 Å². The van der Waals surface area contributed by atoms with Crippen LogP contribution in [0.2, 0.25) is 0 Å². The van der Waals surface area contributed by atoms with Crippen LogP contribution in [0.1, 0.15) is 36.5 Å². The molecule has 2 unspecified atom stereocenters. The van der Waals surface area contributed by atoms with E-state index in [0.29, 0.717) is 0 Å². The molecule has 0 amide bonds. The second kappa shape index (κ2) is 12.2. The average molecular weight is 799 g/mol. The highest BCUT2D eigenvalue weighted by molar-refractivity contribution is 6.15. The fourth-order valence-electron chi connectivity index (χ4n) is 11.1. The van der Waals surface area contributed by atoms with Gasteiger partial charge >= 0.3 is 0 Å². The molecule has 0 N–H and O–H groups in total. The van der Waals surface area contributed by atoms with Crippen molar-refractivity contribution in [3.8, 4) is 22.6 Å². The highest BCUT2D eigenvalue weighted by Gasteiger charge is 2.39. The van der Waals surface area contributed by atoms with Gasteiger partial charge in [-0.2, -0.15) is 0 Å². The number of furan rings is 2. The number of rotatable bonds is 4. The first-order valence-corrected chi connectivity index (χ1v) is 21.5. The minimum Gasteiger partial charge on any atom is -0.485 e. The molecule has 0 bridgehead atoms. The largest absolute Gasteiger partial charge is 0.485 e. The molecular weight excluding hydrogens is 761 g/mol. The van der Waals surface area contributed by atoms with Crippen LogP contribution in [-0.4, -0.2) is 10.7 Å². The fourth-order valence-corrected chi connectivity index (χ4v) is 11.1. The van der Waals surface area contributed by atoms with Gasteiger partial charge in [-0.3, -0.25) is 0 Å². The van der Waals surface area contributed by atoms with E-state index >= 15 is 0 Å². The van der Waals surface area contributed by atoms with Crippen LogP contribution >= 0.6 is 0 Å². The minimum atomic E-state index is -0.171. The zero-order chi connectivity index (χ0) is 40.8. The summed E-state index contributed by atoms with van der Waals surface area (Å²) in [5.74, 6) is 0.945. The Morgan fingerprint density at radius 2 is 1.18 bits per heavy atom. The van der Waals surface area contributed by atoms with Crippen LogP contribution in [0, 0.1) is 0 Å². The standard InChI is InChI=1S/C57H38N2O3/c1-57(2)44-20-8-3-14-35(44)36-28-26-33(30-45(36)57)58(48-23-13-19-41-39-17-6-11-24-49(39)61-55(41)48)34-27-29-40-43-32-52-53(42-18-7-12-25-50(42)60-52)54(56(43)62-51(40)31-34)59-46-21-9-4-15-37(46)38-16-5-10-22-47(38)59/h3-32,42,50H,1-2H3. The summed E-state index contributed by atoms with van der Waals surface area (Å²) in [5.41, 5.74) is 15.8. The number of benzene rings is 8. The molecule has 0 saturated heterocycles. The Kier molecular flexibility index (Phi) is 6.68. The fraction of sp³-hybridized carbons (Fsp3) is 0.0877. The predicted molar refractivity (Wildman–Crippen MR) is 253 cm³/mol. The van der Waals surface area contributed by atoms with Gasteiger partial charge in [0.15, 0.2) is 11.2 Å². The van der Waals surface area contributed by atoms with Crippen molar-refractivity contribution in [3.05, 3.63) is 199 Å². The highest BCUT2D eigenvalue weighted by Crippen LogP contribution is 2.54. The molecule has 0 spiro atoms. The van der Waals surface area contributed by atoms with Crippen molar-refractivity contribution in [1.29, 1.82) is 0 Å². The summed E-state index contributed by atoms with van der Waals surface area (Å²) in [6.45, 7) is 4.67. The van der Waals surface area contributed by atoms with Crippen molar-refractivity contribution in [2.45, 2.75) is 31.3 Å². The van der Waals surface area contributed by atoms with Crippen LogP contribution in [0.3, 0.4) is 0 Å². The Morgan fingerprint density at radius 3 is 2.03 bits per heavy atom. The smallest absolute Gasteiger partial charge is 0.160 e. The van der Waals surface area contributed by atoms with E-state index in [1.165, 1.54) is 33.0 Å². The third kappa shape index (κ3) is 4.47. The number of anilines is 3. The van der Waals surface area contributed by atoms with Crippen molar-refractivity contribution < 1.29 is 13.6 Å². The van der Waals surface area contributed by atoms with Gasteiger partial charge in [0, 0.05) is 61.0 Å². The molecule has 5 nitrogen and oxygen atoms in total. The second-order valence-corrected chi connectivity index (χ2v) is 17.5. The zero-order valence-electron chi connectivity index (χ0n) is 34.1. The molecule has 3 aromatic heterocycles. The maximum Gasteiger partial charge on any atom is 0.160 e. The summed E-state index contributed by atoms with van der Waals surface area (Å²) in [6, 6.07) is 56.8. The van der Waals surface area contributed by atoms with E-state index in [-0.39, 0.29) is 17.4 Å². The number of aromatic nitrogens is 1. The monoisotopic (exact) mass is 798 g/mol. The van der Waals surface area contributed by atoms with E-state index in [0.717, 1.165) is 89.0 Å². The number of hydrogen-bond donors (Lipinski definition) is 0. The van der Waals surface area contributed by atoms with E-state index in [1.54, 1.807) is 0 Å². The molecule has 294 valence electrons. The summed E-state index contributed by atoms with van der Waals surface area (Å²) in [4.78, 5) is 2.34. The summed E-state index contributed by atoms with van der Waals surface area (Å²) in [7, 11) is 0. The number of hydrogen-bond acceptors (Lipinski definition) is 4. The van der Waals surface area contributed by atoms with Gasteiger partial charge < -0.3 is 23.0 Å². The Balaban J connectivity index is 1.04. The summed E-state index contributed by atoms with van der Waals surface area (Å²) >= 11 is 0. The van der Waals surface area contributed by atoms with Crippen molar-refractivity contribution in [1.82, 2.24) is 4.57 Å². The Bertz CT molecular complexity index is 3740. The molecule has 0 radical (unpaired) electrons. The van der Waals surface area contributed by atoms with Crippen LogP contribution in [0.5, 0.6) is 5.75 Å². The zero-order valence-corrected chi connectivity index (χ0v) is 34.1. The van der Waals surface area contributed by atoms with Crippen LogP contribution in [0.25, 0.3) is 82.5 Å². The average Bonchev–Trinajstić information content (AvgIpc) is 4.11. The SMILES string of the molecule is CC1(C)c2ccccc2-c2ccc(N(c3ccc4c(c3)oc3c(-n5c6ccccc6c6ccccc65)c5c(cc34)OC3C=CC=CC53)c3cccc4c3oc3ccccc34)cc21. The van der Waals surface area contributed by atoms with Gasteiger partial charge in [-0.1, -0.05) is 129 Å². The first-order chi connectivity index (χ1) is 30.5. The molecule has 8 aromatic carbocycles. The van der Waals surface area contributed by atoms with Gasteiger partial charge in [0.05, 0.1) is 28.1 Å². The summed E-state index contributed by atoms with van der Waals surface area (Å²) < 4.78 is 23.3. The maximum atomic E-state index is 7.29. The van der Waals surface area contributed by atoms with Gasteiger partial charge in [0.25, 0.3) is 0 Å². The quantitative estimate of drug-likeness (QED) is 0.178. The molecule has 5 heteroatoms. The number of allylic oxidation sites excluding steroid dienone is 2. The van der Waals surface area contributed by atoms with Crippen LogP contribution < -0.4 is 9.64 Å². The van der Waals surface area contributed by atoms with Crippen molar-refractivity contribution >= 4 is 82.7 Å². The van der Waals surface area contributed by atoms with Gasteiger partial charge in [-0.15, -0.1) is 0 Å². The topological polar surface area (TPSA) is 43.7 Å². The molecule has 11 aromatic rings. The molecule has 3 aliphatic rings. The van der Waals surface area contributed by atoms with Crippen molar-refractivity contribution in [3.63, 3.8) is 0 Å². The molecule has 14 rings (SSSR count). The Morgan fingerprint density at radius 1 is 0.516 bits per heavy atom. The highest BCUT2D eigenvalue weighted by atomic mass is 16.5. The molecule has 0 fully saturated rings. The van der Waals surface area contributed by atoms with Crippen molar-refractivity contribution in [2.75, 3.05) is 4.90 Å². The Labute approximate surface area is 357 Å². The molecule has 1 aliphatic heterocycles. The summed E-state index contributed by atoms with van der Waals surface area (Å²) in [6.07, 6.45) is 8.59. The van der Waals surface area contributed by atoms with E-state index in [4.69, 9.17) is 13.6 Å². The molecule has 62 heavy (non-hydrogen) atoms. The van der Waals surface area contributed by atoms with E-state index < -0.39 is 0 Å². The lowest BCUT2D eigenvalue weighted by Crippen LogP contribution is -2.16. The lowest BCUT2D eigenvalue weighted by molar-refractivity contribution is 0.269. The lowest BCUT2D eigenvalue weighted by Gasteiger charge is -2.28. The number of ether oxygens (including phenoxy) is 1.